The largest absolute Gasteiger partial charge is 0.396 e. The van der Waals surface area contributed by atoms with E-state index in [4.69, 9.17) is 9.94 Å². The zero-order valence-corrected chi connectivity index (χ0v) is 9.64. The Hall–Kier alpha value is -0.940. The third kappa shape index (κ3) is 2.54. The molecule has 1 aromatic rings. The molecule has 0 saturated heterocycles. The van der Waals surface area contributed by atoms with Crippen molar-refractivity contribution in [3.8, 4) is 0 Å². The molecular weight excluding hydrogens is 260 g/mol. The van der Waals surface area contributed by atoms with Gasteiger partial charge in [0.2, 0.25) is 0 Å². The van der Waals surface area contributed by atoms with Gasteiger partial charge in [0.25, 0.3) is 0 Å². The van der Waals surface area contributed by atoms with Crippen molar-refractivity contribution in [2.75, 3.05) is 6.61 Å². The third-order valence-corrected chi connectivity index (χ3v) is 2.68. The highest BCUT2D eigenvalue weighted by Gasteiger charge is 2.22. The van der Waals surface area contributed by atoms with Crippen molar-refractivity contribution in [1.29, 1.82) is 0 Å². The number of aliphatic hydroxyl groups is 1. The molecule has 0 radical (unpaired) electrons. The summed E-state index contributed by atoms with van der Waals surface area (Å²) >= 11 is 3.32. The zero-order chi connectivity index (χ0) is 10.7. The van der Waals surface area contributed by atoms with E-state index in [-0.39, 0.29) is 12.7 Å². The van der Waals surface area contributed by atoms with Crippen LogP contribution in [-0.4, -0.2) is 28.5 Å². The van der Waals surface area contributed by atoms with Crippen LogP contribution in [0, 0.1) is 0 Å². The monoisotopic (exact) mass is 270 g/mol. The fourth-order valence-corrected chi connectivity index (χ4v) is 1.66. The highest BCUT2D eigenvalue weighted by atomic mass is 79.9. The van der Waals surface area contributed by atoms with Crippen LogP contribution < -0.4 is 0 Å². The van der Waals surface area contributed by atoms with Crippen LogP contribution in [0.5, 0.6) is 0 Å². The Bertz CT molecular complexity index is 364. The lowest BCUT2D eigenvalue weighted by atomic mass is 10.1. The van der Waals surface area contributed by atoms with Gasteiger partial charge in [-0.05, 0) is 28.1 Å². The van der Waals surface area contributed by atoms with Crippen LogP contribution in [0.2, 0.25) is 0 Å². The predicted molar refractivity (Wildman–Crippen MR) is 59.7 cm³/mol. The molecule has 4 nitrogen and oxygen atoms in total. The Morgan fingerprint density at radius 3 is 3.07 bits per heavy atom. The zero-order valence-electron chi connectivity index (χ0n) is 8.06. The topological polar surface area (TPSA) is 54.7 Å². The minimum atomic E-state index is -0.00422. The molecule has 0 saturated carbocycles. The second kappa shape index (κ2) is 4.72. The van der Waals surface area contributed by atoms with Gasteiger partial charge in [0.1, 0.15) is 11.8 Å². The second-order valence-corrected chi connectivity index (χ2v) is 4.26. The van der Waals surface area contributed by atoms with E-state index in [1.54, 1.807) is 6.20 Å². The minimum Gasteiger partial charge on any atom is -0.396 e. The number of rotatable bonds is 3. The smallest absolute Gasteiger partial charge is 0.135 e. The number of halogens is 1. The van der Waals surface area contributed by atoms with Crippen molar-refractivity contribution in [2.24, 2.45) is 5.16 Å². The Morgan fingerprint density at radius 1 is 1.53 bits per heavy atom. The first-order valence-electron chi connectivity index (χ1n) is 4.75. The predicted octanol–water partition coefficient (Wildman–Crippen LogP) is 1.72. The molecule has 80 valence electrons. The van der Waals surface area contributed by atoms with E-state index in [2.05, 4.69) is 26.1 Å². The first-order valence-corrected chi connectivity index (χ1v) is 5.54. The summed E-state index contributed by atoms with van der Waals surface area (Å²) in [5.74, 6) is 0. The van der Waals surface area contributed by atoms with Crippen LogP contribution in [0.4, 0.5) is 0 Å². The van der Waals surface area contributed by atoms with Gasteiger partial charge in [-0.2, -0.15) is 0 Å². The fourth-order valence-electron chi connectivity index (χ4n) is 1.42. The number of pyridine rings is 1. The number of hydrogen-bond acceptors (Lipinski definition) is 4. The summed E-state index contributed by atoms with van der Waals surface area (Å²) in [5.41, 5.74) is 1.68. The highest BCUT2D eigenvalue weighted by molar-refractivity contribution is 9.10. The summed E-state index contributed by atoms with van der Waals surface area (Å²) in [4.78, 5) is 9.40. The average molecular weight is 271 g/mol. The molecule has 1 aliphatic heterocycles. The van der Waals surface area contributed by atoms with Gasteiger partial charge >= 0.3 is 0 Å². The summed E-state index contributed by atoms with van der Waals surface area (Å²) in [7, 11) is 0. The molecule has 1 aliphatic rings. The lowest BCUT2D eigenvalue weighted by molar-refractivity contribution is 0.0645. The molecule has 2 rings (SSSR count). The number of nitrogens with zero attached hydrogens (tertiary/aromatic N) is 2. The molecule has 1 aromatic heterocycles. The Morgan fingerprint density at radius 2 is 2.40 bits per heavy atom. The maximum absolute atomic E-state index is 8.77. The van der Waals surface area contributed by atoms with E-state index in [9.17, 15) is 0 Å². The molecule has 0 amide bonds. The highest BCUT2D eigenvalue weighted by Crippen LogP contribution is 2.18. The molecule has 2 heterocycles. The summed E-state index contributed by atoms with van der Waals surface area (Å²) in [6, 6.07) is 3.82. The summed E-state index contributed by atoms with van der Waals surface area (Å²) in [5, 5.41) is 12.7. The van der Waals surface area contributed by atoms with E-state index < -0.39 is 0 Å². The summed E-state index contributed by atoms with van der Waals surface area (Å²) in [6.45, 7) is 0.126. The first-order chi connectivity index (χ1) is 7.29. The third-order valence-electron chi connectivity index (χ3n) is 2.21. The van der Waals surface area contributed by atoms with Gasteiger partial charge in [-0.15, -0.1) is 0 Å². The number of aliphatic hydroxyl groups excluding tert-OH is 1. The normalized spacial score (nSPS) is 19.9. The first kappa shape index (κ1) is 10.6. The lowest BCUT2D eigenvalue weighted by Gasteiger charge is -2.03. The number of oxime groups is 1. The summed E-state index contributed by atoms with van der Waals surface area (Å²) in [6.07, 6.45) is 3.06. The van der Waals surface area contributed by atoms with E-state index in [0.717, 1.165) is 22.3 Å². The van der Waals surface area contributed by atoms with Gasteiger partial charge in [0.05, 0.1) is 5.69 Å². The van der Waals surface area contributed by atoms with Crippen LogP contribution in [0.25, 0.3) is 0 Å². The van der Waals surface area contributed by atoms with Crippen molar-refractivity contribution in [1.82, 2.24) is 4.98 Å². The molecule has 5 heteroatoms. The van der Waals surface area contributed by atoms with E-state index in [0.29, 0.717) is 6.42 Å². The van der Waals surface area contributed by atoms with Crippen molar-refractivity contribution in [3.05, 3.63) is 28.5 Å². The Labute approximate surface area is 96.1 Å². The average Bonchev–Trinajstić information content (AvgIpc) is 2.68. The van der Waals surface area contributed by atoms with Crippen molar-refractivity contribution < 1.29 is 9.94 Å². The van der Waals surface area contributed by atoms with Crippen LogP contribution >= 0.6 is 15.9 Å². The minimum absolute atomic E-state index is 0.00422. The quantitative estimate of drug-likeness (QED) is 0.910. The van der Waals surface area contributed by atoms with E-state index in [1.165, 1.54) is 0 Å². The molecule has 1 unspecified atom stereocenters. The van der Waals surface area contributed by atoms with Crippen LogP contribution in [0.1, 0.15) is 18.5 Å². The number of hydrogen-bond donors (Lipinski definition) is 1. The van der Waals surface area contributed by atoms with E-state index >= 15 is 0 Å². The van der Waals surface area contributed by atoms with Crippen molar-refractivity contribution >= 4 is 21.6 Å². The Balaban J connectivity index is 2.04. The molecule has 0 spiro atoms. The maximum atomic E-state index is 8.77. The molecular formula is C10H11BrN2O2. The van der Waals surface area contributed by atoms with Crippen molar-refractivity contribution in [3.63, 3.8) is 0 Å². The van der Waals surface area contributed by atoms with Crippen LogP contribution in [-0.2, 0) is 4.84 Å². The summed E-state index contributed by atoms with van der Waals surface area (Å²) < 4.78 is 0.942. The maximum Gasteiger partial charge on any atom is 0.135 e. The van der Waals surface area contributed by atoms with E-state index in [1.807, 2.05) is 12.1 Å². The van der Waals surface area contributed by atoms with Gasteiger partial charge in [0.15, 0.2) is 0 Å². The fraction of sp³-hybridized carbons (Fsp3) is 0.400. The Kier molecular flexibility index (Phi) is 3.33. The standard InChI is InChI=1S/C10H11BrN2O2/c11-7-1-2-9(12-6-7)10-5-8(3-4-14)15-13-10/h1-2,6,8,14H,3-5H2. The van der Waals surface area contributed by atoms with Gasteiger partial charge in [-0.25, -0.2) is 0 Å². The number of aromatic nitrogens is 1. The molecule has 1 atom stereocenters. The van der Waals surface area contributed by atoms with Gasteiger partial charge in [-0.3, -0.25) is 4.98 Å². The van der Waals surface area contributed by atoms with Gasteiger partial charge in [0, 0.05) is 30.1 Å². The van der Waals surface area contributed by atoms with Crippen molar-refractivity contribution in [2.45, 2.75) is 18.9 Å². The molecule has 0 fully saturated rings. The van der Waals surface area contributed by atoms with Crippen LogP contribution in [0.3, 0.4) is 0 Å². The van der Waals surface area contributed by atoms with Crippen LogP contribution in [0.15, 0.2) is 28.0 Å². The molecule has 1 N–H and O–H groups in total. The molecule has 0 aliphatic carbocycles. The molecule has 0 aromatic carbocycles. The molecule has 15 heavy (non-hydrogen) atoms. The van der Waals surface area contributed by atoms with Gasteiger partial charge < -0.3 is 9.94 Å². The second-order valence-electron chi connectivity index (χ2n) is 3.34. The molecule has 0 bridgehead atoms. The van der Waals surface area contributed by atoms with Gasteiger partial charge in [-0.1, -0.05) is 5.16 Å². The SMILES string of the molecule is OCCC1CC(c2ccc(Br)cn2)=NO1. The lowest BCUT2D eigenvalue weighted by Crippen LogP contribution is -2.10.